The molecule has 316 valence electrons. The summed E-state index contributed by atoms with van der Waals surface area (Å²) in [6.07, 6.45) is 52.1. The van der Waals surface area contributed by atoms with Crippen molar-refractivity contribution < 1.29 is 28.6 Å². The van der Waals surface area contributed by atoms with E-state index in [9.17, 15) is 14.4 Å². The highest BCUT2D eigenvalue weighted by Crippen LogP contribution is 2.12. The molecule has 0 aromatic carbocycles. The summed E-state index contributed by atoms with van der Waals surface area (Å²) in [5, 5.41) is 0. The van der Waals surface area contributed by atoms with Gasteiger partial charge < -0.3 is 14.2 Å². The number of unbranched alkanes of at least 4 members (excludes halogenated alkanes) is 19. The molecule has 0 aliphatic rings. The summed E-state index contributed by atoms with van der Waals surface area (Å²) >= 11 is 0. The topological polar surface area (TPSA) is 78.9 Å². The van der Waals surface area contributed by atoms with E-state index in [-0.39, 0.29) is 37.5 Å². The highest BCUT2D eigenvalue weighted by atomic mass is 16.6. The molecule has 0 spiro atoms. The van der Waals surface area contributed by atoms with Crippen LogP contribution in [0.2, 0.25) is 0 Å². The molecule has 0 aliphatic heterocycles. The monoisotopic (exact) mass is 769 g/mol. The standard InChI is InChI=1S/C49H84O6/c1-4-7-10-13-16-19-22-24-27-30-33-36-39-42-48(51)54-45-46(44-53-47(50)41-38-35-32-29-26-21-18-15-12-9-6-3)55-49(52)43-40-37-34-31-28-25-23-20-17-14-11-8-5-2/h9,12,18,21,24-25,27-29,32,46H,4-8,10-11,13-17,19-20,22-23,26,30-31,33-45H2,1-3H3/b12-9-,21-18-,27-24-,28-25-,32-29-. The largest absolute Gasteiger partial charge is 0.462 e. The van der Waals surface area contributed by atoms with Crippen LogP contribution in [0.4, 0.5) is 0 Å². The first-order chi connectivity index (χ1) is 27.0. The second-order valence-electron chi connectivity index (χ2n) is 14.9. The van der Waals surface area contributed by atoms with E-state index in [4.69, 9.17) is 14.2 Å². The average Bonchev–Trinajstić information content (AvgIpc) is 3.18. The van der Waals surface area contributed by atoms with Crippen molar-refractivity contribution in [1.29, 1.82) is 0 Å². The summed E-state index contributed by atoms with van der Waals surface area (Å²) in [7, 11) is 0. The quantitative estimate of drug-likeness (QED) is 0.0267. The van der Waals surface area contributed by atoms with Gasteiger partial charge in [-0.2, -0.15) is 0 Å². The highest BCUT2D eigenvalue weighted by molar-refractivity contribution is 5.71. The molecule has 0 bridgehead atoms. The molecule has 6 heteroatoms. The molecule has 0 radical (unpaired) electrons. The van der Waals surface area contributed by atoms with Gasteiger partial charge in [0.05, 0.1) is 0 Å². The van der Waals surface area contributed by atoms with Crippen LogP contribution in [0.15, 0.2) is 60.8 Å². The number of hydrogen-bond acceptors (Lipinski definition) is 6. The lowest BCUT2D eigenvalue weighted by molar-refractivity contribution is -0.167. The second-order valence-corrected chi connectivity index (χ2v) is 14.9. The molecule has 0 aliphatic carbocycles. The third-order valence-corrected chi connectivity index (χ3v) is 9.48. The van der Waals surface area contributed by atoms with Crippen LogP contribution >= 0.6 is 0 Å². The Morgan fingerprint density at radius 1 is 0.382 bits per heavy atom. The zero-order valence-corrected chi connectivity index (χ0v) is 35.9. The van der Waals surface area contributed by atoms with Gasteiger partial charge >= 0.3 is 17.9 Å². The van der Waals surface area contributed by atoms with Crippen LogP contribution < -0.4 is 0 Å². The van der Waals surface area contributed by atoms with Crippen molar-refractivity contribution in [2.45, 2.75) is 219 Å². The molecule has 0 rings (SSSR count). The Balaban J connectivity index is 4.49. The lowest BCUT2D eigenvalue weighted by Crippen LogP contribution is -2.30. The SMILES string of the molecule is CC/C=C\C/C=C\C/C=C\CCCC(=O)OCC(COC(=O)CCCCC/C=C\CCCCCCCC)OC(=O)CCCCC/C=C\CCCCCCCC. The van der Waals surface area contributed by atoms with Crippen molar-refractivity contribution in [3.05, 3.63) is 60.8 Å². The normalized spacial score (nSPS) is 12.6. The van der Waals surface area contributed by atoms with Gasteiger partial charge in [0.15, 0.2) is 6.10 Å². The molecule has 0 saturated carbocycles. The maximum Gasteiger partial charge on any atom is 0.306 e. The van der Waals surface area contributed by atoms with Crippen LogP contribution in [0.1, 0.15) is 213 Å². The summed E-state index contributed by atoms with van der Waals surface area (Å²) < 4.78 is 16.6. The minimum absolute atomic E-state index is 0.104. The predicted octanol–water partition coefficient (Wildman–Crippen LogP) is 14.5. The van der Waals surface area contributed by atoms with E-state index in [1.165, 1.54) is 77.0 Å². The zero-order valence-electron chi connectivity index (χ0n) is 35.9. The van der Waals surface area contributed by atoms with Gasteiger partial charge in [-0.05, 0) is 96.3 Å². The number of rotatable bonds is 40. The van der Waals surface area contributed by atoms with Gasteiger partial charge in [0.25, 0.3) is 0 Å². The lowest BCUT2D eigenvalue weighted by Gasteiger charge is -2.18. The van der Waals surface area contributed by atoms with Crippen LogP contribution in [0, 0.1) is 0 Å². The molecule has 0 heterocycles. The molecule has 6 nitrogen and oxygen atoms in total. The molecule has 0 saturated heterocycles. The summed E-state index contributed by atoms with van der Waals surface area (Å²) in [6.45, 7) is 6.41. The van der Waals surface area contributed by atoms with Gasteiger partial charge in [-0.1, -0.05) is 159 Å². The van der Waals surface area contributed by atoms with Gasteiger partial charge in [-0.3, -0.25) is 14.4 Å². The van der Waals surface area contributed by atoms with Gasteiger partial charge in [-0.15, -0.1) is 0 Å². The number of ether oxygens (including phenoxy) is 3. The maximum atomic E-state index is 12.7. The Morgan fingerprint density at radius 3 is 1.20 bits per heavy atom. The van der Waals surface area contributed by atoms with Crippen LogP contribution in [0.5, 0.6) is 0 Å². The molecule has 0 aromatic heterocycles. The second kappa shape index (κ2) is 43.8. The molecular formula is C49H84O6. The molecule has 1 unspecified atom stereocenters. The number of carbonyl (C=O) groups is 3. The van der Waals surface area contributed by atoms with Crippen LogP contribution in [-0.2, 0) is 28.6 Å². The van der Waals surface area contributed by atoms with Crippen molar-refractivity contribution in [3.63, 3.8) is 0 Å². The number of esters is 3. The fraction of sp³-hybridized carbons (Fsp3) is 0.735. The van der Waals surface area contributed by atoms with Crippen molar-refractivity contribution in [2.24, 2.45) is 0 Å². The first kappa shape index (κ1) is 52.1. The Bertz CT molecular complexity index is 1020. The molecular weight excluding hydrogens is 685 g/mol. The van der Waals surface area contributed by atoms with E-state index in [1.807, 2.05) is 0 Å². The first-order valence-electron chi connectivity index (χ1n) is 22.8. The zero-order chi connectivity index (χ0) is 40.1. The van der Waals surface area contributed by atoms with Crippen LogP contribution in [0.3, 0.4) is 0 Å². The highest BCUT2D eigenvalue weighted by Gasteiger charge is 2.19. The van der Waals surface area contributed by atoms with Crippen LogP contribution in [0.25, 0.3) is 0 Å². The van der Waals surface area contributed by atoms with Crippen molar-refractivity contribution in [2.75, 3.05) is 13.2 Å². The average molecular weight is 769 g/mol. The Labute approximate surface area is 339 Å². The number of allylic oxidation sites excluding steroid dienone is 10. The Morgan fingerprint density at radius 2 is 0.727 bits per heavy atom. The first-order valence-corrected chi connectivity index (χ1v) is 22.8. The molecule has 0 amide bonds. The third kappa shape index (κ3) is 42.1. The van der Waals surface area contributed by atoms with Crippen molar-refractivity contribution in [1.82, 2.24) is 0 Å². The fourth-order valence-electron chi connectivity index (χ4n) is 6.04. The number of hydrogen-bond donors (Lipinski definition) is 0. The van der Waals surface area contributed by atoms with Gasteiger partial charge in [0.2, 0.25) is 0 Å². The van der Waals surface area contributed by atoms with E-state index in [0.717, 1.165) is 89.9 Å². The van der Waals surface area contributed by atoms with E-state index in [1.54, 1.807) is 0 Å². The molecule has 0 aromatic rings. The minimum atomic E-state index is -0.805. The minimum Gasteiger partial charge on any atom is -0.462 e. The molecule has 55 heavy (non-hydrogen) atoms. The van der Waals surface area contributed by atoms with E-state index >= 15 is 0 Å². The van der Waals surface area contributed by atoms with E-state index in [0.29, 0.717) is 19.3 Å². The van der Waals surface area contributed by atoms with Gasteiger partial charge in [0, 0.05) is 19.3 Å². The maximum absolute atomic E-state index is 12.7. The van der Waals surface area contributed by atoms with Crippen molar-refractivity contribution in [3.8, 4) is 0 Å². The summed E-state index contributed by atoms with van der Waals surface area (Å²) in [5.74, 6) is -0.996. The molecule has 0 N–H and O–H groups in total. The molecule has 1 atom stereocenters. The predicted molar refractivity (Wildman–Crippen MR) is 233 cm³/mol. The molecule has 0 fully saturated rings. The summed E-state index contributed by atoms with van der Waals surface area (Å²) in [5.41, 5.74) is 0. The fourth-order valence-corrected chi connectivity index (χ4v) is 6.04. The smallest absolute Gasteiger partial charge is 0.306 e. The number of carbonyl (C=O) groups excluding carboxylic acids is 3. The van der Waals surface area contributed by atoms with Crippen LogP contribution in [-0.4, -0.2) is 37.2 Å². The summed E-state index contributed by atoms with van der Waals surface area (Å²) in [4.78, 5) is 37.7. The Kier molecular flexibility index (Phi) is 41.5. The van der Waals surface area contributed by atoms with Gasteiger partial charge in [0.1, 0.15) is 13.2 Å². The van der Waals surface area contributed by atoms with Crippen molar-refractivity contribution >= 4 is 17.9 Å². The van der Waals surface area contributed by atoms with E-state index < -0.39 is 6.10 Å². The third-order valence-electron chi connectivity index (χ3n) is 9.48. The van der Waals surface area contributed by atoms with E-state index in [2.05, 4.69) is 81.5 Å². The Hall–Kier alpha value is -2.89. The van der Waals surface area contributed by atoms with Gasteiger partial charge in [-0.25, -0.2) is 0 Å². The lowest BCUT2D eigenvalue weighted by atomic mass is 10.1. The summed E-state index contributed by atoms with van der Waals surface area (Å²) in [6, 6.07) is 0.